The first-order valence-electron chi connectivity index (χ1n) is 34.5. The number of aliphatic hydroxyl groups is 2. The molecule has 0 rings (SSSR count). The smallest absolute Gasteiger partial charge is 0.463 e. The maximum Gasteiger partial charge on any atom is 0.472 e. The third kappa shape index (κ3) is 66.9. The molecule has 0 aromatic heterocycles. The molecule has 4 N–H and O–H groups in total. The molecule has 0 bridgehead atoms. The van der Waals surface area contributed by atoms with Crippen LogP contribution < -0.4 is 0 Å². The first kappa shape index (κ1) is 86.7. The Balaban J connectivity index is 4.73. The quantitative estimate of drug-likeness (QED) is 0.0146. The zero-order valence-electron chi connectivity index (χ0n) is 56.2. The van der Waals surface area contributed by atoms with Gasteiger partial charge in [0.05, 0.1) is 26.4 Å². The van der Waals surface area contributed by atoms with Crippen LogP contribution in [0.15, 0.2) is 134 Å². The van der Waals surface area contributed by atoms with Crippen LogP contribution in [-0.4, -0.2) is 95.9 Å². The summed E-state index contributed by atoms with van der Waals surface area (Å²) in [6.07, 6.45) is 76.4. The van der Waals surface area contributed by atoms with E-state index in [4.69, 9.17) is 32.3 Å². The van der Waals surface area contributed by atoms with Gasteiger partial charge in [-0.15, -0.1) is 0 Å². The van der Waals surface area contributed by atoms with Crippen molar-refractivity contribution < 1.29 is 75.8 Å². The minimum atomic E-state index is -4.94. The SMILES string of the molecule is CC/C=C\C/C=C\C/C=C\C/C=C\C/C=C\CCCCCC(=O)OCC(COP(=O)(O)OCC(O)COP(=O)(O)OCC(O)COC(=O)CCCCCCC/C=C\C/C=C\C/C=C\C/C=C\CCCCC)OC(=O)CCCCCCC/C=C\C/C=C\CCCCC. The van der Waals surface area contributed by atoms with Crippen LogP contribution in [0, 0.1) is 0 Å². The number of hydrogen-bond acceptors (Lipinski definition) is 14. The number of carbonyl (C=O) groups is 3. The van der Waals surface area contributed by atoms with Gasteiger partial charge >= 0.3 is 33.6 Å². The van der Waals surface area contributed by atoms with Crippen LogP contribution in [0.4, 0.5) is 0 Å². The van der Waals surface area contributed by atoms with Crippen molar-refractivity contribution >= 4 is 33.6 Å². The van der Waals surface area contributed by atoms with Gasteiger partial charge in [-0.25, -0.2) is 9.13 Å². The topological polar surface area (TPSA) is 231 Å². The monoisotopic (exact) mass is 1320 g/mol. The number of allylic oxidation sites excluding steroid dienone is 22. The Bertz CT molecular complexity index is 2190. The first-order chi connectivity index (χ1) is 44.2. The van der Waals surface area contributed by atoms with Crippen molar-refractivity contribution in [2.45, 2.75) is 270 Å². The first-order valence-corrected chi connectivity index (χ1v) is 37.5. The van der Waals surface area contributed by atoms with Crippen molar-refractivity contribution in [1.29, 1.82) is 0 Å². The highest BCUT2D eigenvalue weighted by Crippen LogP contribution is 2.45. The molecule has 0 amide bonds. The van der Waals surface area contributed by atoms with Crippen LogP contribution in [0.1, 0.15) is 252 Å². The predicted molar refractivity (Wildman–Crippen MR) is 371 cm³/mol. The fraction of sp³-hybridized carbons (Fsp3) is 0.658. The second kappa shape index (κ2) is 65.7. The number of rotatable bonds is 64. The molecule has 18 heteroatoms. The van der Waals surface area contributed by atoms with Gasteiger partial charge < -0.3 is 34.2 Å². The van der Waals surface area contributed by atoms with Crippen molar-refractivity contribution in [3.63, 3.8) is 0 Å². The molecule has 0 saturated carbocycles. The van der Waals surface area contributed by atoms with Gasteiger partial charge in [-0.2, -0.15) is 0 Å². The van der Waals surface area contributed by atoms with Crippen LogP contribution >= 0.6 is 15.6 Å². The number of unbranched alkanes of at least 4 members (excludes halogenated alkanes) is 19. The molecule has 0 heterocycles. The second-order valence-corrected chi connectivity index (χ2v) is 25.5. The van der Waals surface area contributed by atoms with E-state index in [1.807, 2.05) is 0 Å². The van der Waals surface area contributed by atoms with Gasteiger partial charge in [0.1, 0.15) is 25.4 Å². The molecule has 91 heavy (non-hydrogen) atoms. The zero-order valence-corrected chi connectivity index (χ0v) is 58.0. The van der Waals surface area contributed by atoms with E-state index >= 15 is 0 Å². The second-order valence-electron chi connectivity index (χ2n) is 22.6. The molecule has 16 nitrogen and oxygen atoms in total. The Morgan fingerprint density at radius 1 is 0.319 bits per heavy atom. The summed E-state index contributed by atoms with van der Waals surface area (Å²) >= 11 is 0. The van der Waals surface area contributed by atoms with Gasteiger partial charge in [-0.3, -0.25) is 32.5 Å². The molecule has 0 aliphatic heterocycles. The summed E-state index contributed by atoms with van der Waals surface area (Å²) in [7, 11) is -9.80. The lowest BCUT2D eigenvalue weighted by molar-refractivity contribution is -0.161. The van der Waals surface area contributed by atoms with Gasteiger partial charge in [-0.05, 0) is 141 Å². The standard InChI is InChI=1S/C73H122O16P2/c1-4-7-10-13-16-19-22-25-28-30-32-33-35-37-39-41-44-47-50-53-56-59-71(76)83-62-68(74)63-85-90(79,80)86-64-69(75)65-87-91(81,82)88-67-70(89-73(78)61-58-55-52-49-46-43-38-27-24-21-18-15-12-9-6-3)66-84-72(77)60-57-54-51-48-45-42-40-36-34-31-29-26-23-20-17-14-11-8-5-2/h8,11,16-21,25-29,32-34,36-39,42,45,68-70,74-75H,4-7,9-10,12-15,22-24,30-31,35,40-41,43-44,46-67H2,1-3H3,(H,79,80)(H,81,82)/b11-8-,19-16-,20-17-,21-18-,28-25-,29-26-,33-32-,36-34-,38-27-,39-37-,45-42-. The van der Waals surface area contributed by atoms with E-state index in [2.05, 4.69) is 154 Å². The third-order valence-corrected chi connectivity index (χ3v) is 15.7. The van der Waals surface area contributed by atoms with E-state index < -0.39 is 91.5 Å². The van der Waals surface area contributed by atoms with E-state index in [9.17, 15) is 43.5 Å². The van der Waals surface area contributed by atoms with Crippen molar-refractivity contribution in [2.75, 3.05) is 39.6 Å². The highest BCUT2D eigenvalue weighted by Gasteiger charge is 2.29. The Morgan fingerprint density at radius 3 is 0.934 bits per heavy atom. The molecule has 0 aliphatic carbocycles. The van der Waals surface area contributed by atoms with Gasteiger partial charge in [0.25, 0.3) is 0 Å². The largest absolute Gasteiger partial charge is 0.472 e. The summed E-state index contributed by atoms with van der Waals surface area (Å²) in [6, 6.07) is 0. The molecule has 0 saturated heterocycles. The van der Waals surface area contributed by atoms with Crippen LogP contribution in [0.5, 0.6) is 0 Å². The molecule has 0 aliphatic rings. The number of esters is 3. The summed E-state index contributed by atoms with van der Waals surface area (Å²) in [5.41, 5.74) is 0. The molecule has 0 aromatic rings. The van der Waals surface area contributed by atoms with E-state index in [1.54, 1.807) is 0 Å². The fourth-order valence-electron chi connectivity index (χ4n) is 8.55. The predicted octanol–water partition coefficient (Wildman–Crippen LogP) is 19.2. The van der Waals surface area contributed by atoms with Gasteiger partial charge in [0, 0.05) is 19.3 Å². The number of aliphatic hydroxyl groups excluding tert-OH is 2. The van der Waals surface area contributed by atoms with E-state index in [-0.39, 0.29) is 19.3 Å². The Morgan fingerprint density at radius 2 is 0.582 bits per heavy atom. The highest BCUT2D eigenvalue weighted by molar-refractivity contribution is 7.47. The van der Waals surface area contributed by atoms with E-state index in [0.717, 1.165) is 148 Å². The summed E-state index contributed by atoms with van der Waals surface area (Å²) in [5.74, 6) is -1.65. The number of ether oxygens (including phenoxy) is 3. The Hall–Kier alpha value is -4.31. The van der Waals surface area contributed by atoms with Crippen molar-refractivity contribution in [3.05, 3.63) is 134 Å². The van der Waals surface area contributed by atoms with Crippen LogP contribution in [0.2, 0.25) is 0 Å². The lowest BCUT2D eigenvalue weighted by atomic mass is 10.1. The van der Waals surface area contributed by atoms with E-state index in [0.29, 0.717) is 19.3 Å². The van der Waals surface area contributed by atoms with Gasteiger partial charge in [0.15, 0.2) is 6.10 Å². The molecule has 5 unspecified atom stereocenters. The molecule has 0 spiro atoms. The summed E-state index contributed by atoms with van der Waals surface area (Å²) in [4.78, 5) is 58.4. The van der Waals surface area contributed by atoms with Crippen LogP contribution in [-0.2, 0) is 55.8 Å². The number of carbonyl (C=O) groups excluding carboxylic acids is 3. The Kier molecular flexibility index (Phi) is 62.6. The van der Waals surface area contributed by atoms with Crippen molar-refractivity contribution in [2.24, 2.45) is 0 Å². The number of phosphoric ester groups is 2. The molecule has 0 fully saturated rings. The van der Waals surface area contributed by atoms with Crippen molar-refractivity contribution in [1.82, 2.24) is 0 Å². The zero-order chi connectivity index (χ0) is 66.7. The van der Waals surface area contributed by atoms with Crippen LogP contribution in [0.25, 0.3) is 0 Å². The molecule has 0 radical (unpaired) electrons. The van der Waals surface area contributed by atoms with Crippen molar-refractivity contribution in [3.8, 4) is 0 Å². The number of phosphoric acid groups is 2. The highest BCUT2D eigenvalue weighted by atomic mass is 31.2. The maximum atomic E-state index is 12.9. The van der Waals surface area contributed by atoms with Crippen LogP contribution in [0.3, 0.4) is 0 Å². The third-order valence-electron chi connectivity index (χ3n) is 13.8. The normalized spacial score (nSPS) is 15.0. The maximum absolute atomic E-state index is 12.9. The lowest BCUT2D eigenvalue weighted by Gasteiger charge is -2.21. The summed E-state index contributed by atoms with van der Waals surface area (Å²) in [5, 5.41) is 20.5. The Labute approximate surface area is 550 Å². The summed E-state index contributed by atoms with van der Waals surface area (Å²) in [6.45, 7) is 2.40. The molecule has 5 atom stereocenters. The average Bonchev–Trinajstić information content (AvgIpc) is 3.08. The minimum absolute atomic E-state index is 0.0762. The molecule has 520 valence electrons. The molecule has 0 aromatic carbocycles. The molecular weight excluding hydrogens is 1190 g/mol. The average molecular weight is 1320 g/mol. The lowest BCUT2D eigenvalue weighted by Crippen LogP contribution is -2.30. The summed E-state index contributed by atoms with van der Waals surface area (Å²) < 4.78 is 60.8. The molecular formula is C73H122O16P2. The van der Waals surface area contributed by atoms with Gasteiger partial charge in [-0.1, -0.05) is 225 Å². The van der Waals surface area contributed by atoms with E-state index in [1.165, 1.54) is 44.9 Å². The number of hydrogen-bond donors (Lipinski definition) is 4. The fourth-order valence-corrected chi connectivity index (χ4v) is 10.1. The van der Waals surface area contributed by atoms with Gasteiger partial charge in [0.2, 0.25) is 0 Å². The minimum Gasteiger partial charge on any atom is -0.463 e.